The lowest BCUT2D eigenvalue weighted by atomic mass is 10.3. The molecular formula is C37H74N10O11. The number of amides is 8. The van der Waals surface area contributed by atoms with Crippen molar-refractivity contribution in [2.45, 2.75) is 33.7 Å². The number of nitrogens with zero attached hydrogens (tertiary/aromatic N) is 10. The molecule has 58 heavy (non-hydrogen) atoms. The summed E-state index contributed by atoms with van der Waals surface area (Å²) in [5.74, 6) is -1.69. The third-order valence-electron chi connectivity index (χ3n) is 7.81. The number of aldehydes is 2. The van der Waals surface area contributed by atoms with Gasteiger partial charge in [0.2, 0.25) is 48.3 Å². The van der Waals surface area contributed by atoms with E-state index in [0.29, 0.717) is 38.0 Å². The molecule has 0 aliphatic carbocycles. The Kier molecular flexibility index (Phi) is 40.3. The largest absolute Gasteiger partial charge is 0.400 e. The van der Waals surface area contributed by atoms with Crippen LogP contribution in [0.1, 0.15) is 27.7 Å². The molecule has 0 aliphatic heterocycles. The highest BCUT2D eigenvalue weighted by molar-refractivity contribution is 5.89. The summed E-state index contributed by atoms with van der Waals surface area (Å²) in [6.07, 6.45) is 2.44. The smallest absolute Gasteiger partial charge is 0.242 e. The topological polar surface area (TPSA) is 223 Å². The average molecular weight is 835 g/mol. The van der Waals surface area contributed by atoms with Crippen LogP contribution >= 0.6 is 0 Å². The lowest BCUT2D eigenvalue weighted by Gasteiger charge is -2.24. The fraction of sp³-hybridized carbons (Fsp3) is 0.730. The van der Waals surface area contributed by atoms with Crippen LogP contribution in [0, 0.1) is 0 Å². The third kappa shape index (κ3) is 34.2. The zero-order valence-corrected chi connectivity index (χ0v) is 38.0. The van der Waals surface area contributed by atoms with E-state index in [4.69, 9.17) is 5.11 Å². The van der Waals surface area contributed by atoms with Crippen LogP contribution in [0.3, 0.4) is 0 Å². The molecule has 0 fully saturated rings. The van der Waals surface area contributed by atoms with Crippen molar-refractivity contribution in [2.24, 2.45) is 0 Å². The minimum absolute atomic E-state index is 0.0118. The van der Waals surface area contributed by atoms with Gasteiger partial charge in [0, 0.05) is 76.1 Å². The van der Waals surface area contributed by atoms with E-state index in [0.717, 1.165) is 13.7 Å². The van der Waals surface area contributed by atoms with Crippen LogP contribution in [0.15, 0.2) is 0 Å². The number of carbonyl (C=O) groups is 10. The van der Waals surface area contributed by atoms with E-state index >= 15 is 0 Å². The van der Waals surface area contributed by atoms with Crippen LogP contribution in [-0.2, 0) is 47.9 Å². The molecule has 0 saturated carbocycles. The monoisotopic (exact) mass is 835 g/mol. The quantitative estimate of drug-likeness (QED) is 0.113. The summed E-state index contributed by atoms with van der Waals surface area (Å²) < 4.78 is 0. The van der Waals surface area contributed by atoms with Gasteiger partial charge in [-0.15, -0.1) is 0 Å². The molecule has 0 atom stereocenters. The van der Waals surface area contributed by atoms with Gasteiger partial charge in [-0.1, -0.05) is 6.92 Å². The second kappa shape index (κ2) is 37.6. The van der Waals surface area contributed by atoms with E-state index in [1.807, 2.05) is 6.92 Å². The van der Waals surface area contributed by atoms with Crippen molar-refractivity contribution in [3.8, 4) is 0 Å². The van der Waals surface area contributed by atoms with Gasteiger partial charge in [0.15, 0.2) is 0 Å². The number of hydrogen-bond donors (Lipinski definition) is 1. The maximum atomic E-state index is 11.9. The maximum absolute atomic E-state index is 11.9. The molecule has 1 N–H and O–H groups in total. The highest BCUT2D eigenvalue weighted by atomic mass is 16.2. The first-order valence-corrected chi connectivity index (χ1v) is 18.3. The Morgan fingerprint density at radius 2 is 0.741 bits per heavy atom. The highest BCUT2D eigenvalue weighted by Crippen LogP contribution is 1.96. The summed E-state index contributed by atoms with van der Waals surface area (Å²) in [5, 5.41) is 7.00. The summed E-state index contributed by atoms with van der Waals surface area (Å²) in [4.78, 5) is 125. The summed E-state index contributed by atoms with van der Waals surface area (Å²) in [5.41, 5.74) is 0. The van der Waals surface area contributed by atoms with Crippen LogP contribution in [0.25, 0.3) is 0 Å². The molecular weight excluding hydrogens is 760 g/mol. The molecule has 0 radical (unpaired) electrons. The third-order valence-corrected chi connectivity index (χ3v) is 7.81. The SMILES string of the molecule is CCN(C)C(=O)CN(C)C(=O)CN(C)C(=O)CN(C)C=O.CCN(C)C(C)C.CN(C)CC(=O)N(C)CC(=O)N(C)CC(=O)N(C)CC=O.CN(C=O)CC=O.CO. The van der Waals surface area contributed by atoms with Crippen LogP contribution in [0.5, 0.6) is 0 Å². The Hall–Kier alpha value is -5.02. The summed E-state index contributed by atoms with van der Waals surface area (Å²) in [7, 11) is 18.8. The molecule has 8 amide bonds. The van der Waals surface area contributed by atoms with E-state index in [-0.39, 0.29) is 87.8 Å². The van der Waals surface area contributed by atoms with Crippen LogP contribution in [0.2, 0.25) is 0 Å². The minimum Gasteiger partial charge on any atom is -0.400 e. The Labute approximate surface area is 346 Å². The van der Waals surface area contributed by atoms with Gasteiger partial charge in [-0.3, -0.25) is 38.4 Å². The van der Waals surface area contributed by atoms with E-state index in [2.05, 4.69) is 32.7 Å². The molecule has 0 spiro atoms. The molecule has 0 aromatic heterocycles. The molecule has 0 aromatic rings. The van der Waals surface area contributed by atoms with Gasteiger partial charge in [-0.05, 0) is 48.5 Å². The van der Waals surface area contributed by atoms with Gasteiger partial charge in [0.25, 0.3) is 0 Å². The van der Waals surface area contributed by atoms with E-state index < -0.39 is 0 Å². The highest BCUT2D eigenvalue weighted by Gasteiger charge is 2.21. The molecule has 0 heterocycles. The first-order chi connectivity index (χ1) is 26.9. The van der Waals surface area contributed by atoms with Crippen LogP contribution < -0.4 is 0 Å². The normalized spacial score (nSPS) is 9.59. The van der Waals surface area contributed by atoms with Crippen molar-refractivity contribution >= 4 is 60.8 Å². The van der Waals surface area contributed by atoms with Crippen molar-refractivity contribution in [2.75, 3.05) is 150 Å². The van der Waals surface area contributed by atoms with Gasteiger partial charge in [-0.25, -0.2) is 0 Å². The Bertz CT molecular complexity index is 1220. The molecule has 0 aromatic carbocycles. The summed E-state index contributed by atoms with van der Waals surface area (Å²) in [6, 6.07) is 0.699. The molecule has 338 valence electrons. The van der Waals surface area contributed by atoms with Crippen molar-refractivity contribution < 1.29 is 53.1 Å². The van der Waals surface area contributed by atoms with E-state index in [9.17, 15) is 47.9 Å². The predicted molar refractivity (Wildman–Crippen MR) is 221 cm³/mol. The fourth-order valence-corrected chi connectivity index (χ4v) is 3.33. The maximum Gasteiger partial charge on any atom is 0.242 e. The molecule has 0 bridgehead atoms. The van der Waals surface area contributed by atoms with E-state index in [1.165, 1.54) is 81.5 Å². The van der Waals surface area contributed by atoms with Gasteiger partial charge in [0.05, 0.1) is 52.4 Å². The molecule has 0 rings (SSSR count). The summed E-state index contributed by atoms with van der Waals surface area (Å²) in [6.45, 7) is 10.0. The zero-order valence-electron chi connectivity index (χ0n) is 38.0. The second-order valence-electron chi connectivity index (χ2n) is 13.5. The van der Waals surface area contributed by atoms with Gasteiger partial charge in [-0.2, -0.15) is 0 Å². The van der Waals surface area contributed by atoms with Crippen molar-refractivity contribution in [1.82, 2.24) is 49.0 Å². The first-order valence-electron chi connectivity index (χ1n) is 18.3. The van der Waals surface area contributed by atoms with Gasteiger partial charge < -0.3 is 63.7 Å². The zero-order chi connectivity index (χ0) is 46.7. The minimum atomic E-state index is -0.344. The lowest BCUT2D eigenvalue weighted by molar-refractivity contribution is -0.142. The number of aliphatic hydroxyl groups excluding tert-OH is 1. The molecule has 0 aliphatic rings. The first kappa shape index (κ1) is 62.2. The molecule has 0 unspecified atom stereocenters. The Morgan fingerprint density at radius 1 is 0.431 bits per heavy atom. The number of hydrogen-bond acceptors (Lipinski definition) is 13. The van der Waals surface area contributed by atoms with Crippen molar-refractivity contribution in [1.29, 1.82) is 0 Å². The number of likely N-dealkylation sites (N-methyl/N-ethyl adjacent to an activating group) is 9. The van der Waals surface area contributed by atoms with Crippen LogP contribution in [-0.4, -0.2) is 271 Å². The fourth-order valence-electron chi connectivity index (χ4n) is 3.33. The van der Waals surface area contributed by atoms with Crippen molar-refractivity contribution in [3.05, 3.63) is 0 Å². The van der Waals surface area contributed by atoms with E-state index in [1.54, 1.807) is 33.1 Å². The van der Waals surface area contributed by atoms with Crippen molar-refractivity contribution in [3.63, 3.8) is 0 Å². The molecule has 0 saturated heterocycles. The Balaban J connectivity index is -0.000000236. The predicted octanol–water partition coefficient (Wildman–Crippen LogP) is -3.18. The lowest BCUT2D eigenvalue weighted by Crippen LogP contribution is -2.45. The van der Waals surface area contributed by atoms with Crippen LogP contribution in [0.4, 0.5) is 0 Å². The summed E-state index contributed by atoms with van der Waals surface area (Å²) >= 11 is 0. The number of rotatable bonds is 21. The average Bonchev–Trinajstić information content (AvgIpc) is 3.17. The Morgan fingerprint density at radius 3 is 0.983 bits per heavy atom. The standard InChI is InChI=1S/2C13H24N4O4.C6H15N.C4H7NO2.CH4O/c1-14(2)8-11(19)16(4)10-13(21)17(5)9-12(20)15(3)6-7-18;1-6-15(3)12(20)8-17(5)13(21)9-16(4)11(19)7-14(2)10-18;1-5-7(4)6(2)3;1-5(4-7)2-3-6;1-2/h7H,6,8-10H2,1-5H3;10H,6-9H2,1-5H3;6H,5H2,1-4H3;3-4H,2H2,1H3;2H,1H3. The second-order valence-corrected chi connectivity index (χ2v) is 13.5. The van der Waals surface area contributed by atoms with Gasteiger partial charge in [0.1, 0.15) is 12.6 Å². The molecule has 21 heteroatoms. The molecule has 21 nitrogen and oxygen atoms in total. The van der Waals surface area contributed by atoms with Gasteiger partial charge >= 0.3 is 0 Å². The number of carbonyl (C=O) groups excluding carboxylic acids is 10. The number of aliphatic hydroxyl groups is 1.